The van der Waals surface area contributed by atoms with E-state index in [0.29, 0.717) is 12.2 Å². The van der Waals surface area contributed by atoms with Gasteiger partial charge in [-0.25, -0.2) is 0 Å². The lowest BCUT2D eigenvalue weighted by Crippen LogP contribution is -2.56. The van der Waals surface area contributed by atoms with Crippen molar-refractivity contribution in [2.24, 2.45) is 10.8 Å². The van der Waals surface area contributed by atoms with Gasteiger partial charge in [0.05, 0.1) is 38.6 Å². The number of ether oxygens (including phenoxy) is 3. The summed E-state index contributed by atoms with van der Waals surface area (Å²) in [6.45, 7) is 12.1. The first kappa shape index (κ1) is 13.3. The molecule has 0 bridgehead atoms. The number of hydrogen-bond acceptors (Lipinski definition) is 3. The molecular weight excluding hydrogens is 216 g/mol. The largest absolute Gasteiger partial charge is 0.380 e. The molecule has 0 aromatic carbocycles. The minimum absolute atomic E-state index is 0.267. The second-order valence-electron chi connectivity index (χ2n) is 5.83. The van der Waals surface area contributed by atoms with Crippen molar-refractivity contribution >= 4 is 0 Å². The zero-order chi connectivity index (χ0) is 12.5. The van der Waals surface area contributed by atoms with Gasteiger partial charge in [-0.3, -0.25) is 0 Å². The van der Waals surface area contributed by atoms with Crippen molar-refractivity contribution in [1.82, 2.24) is 0 Å². The van der Waals surface area contributed by atoms with Crippen molar-refractivity contribution in [1.29, 1.82) is 0 Å². The van der Waals surface area contributed by atoms with Crippen molar-refractivity contribution < 1.29 is 14.2 Å². The minimum Gasteiger partial charge on any atom is -0.380 e. The van der Waals surface area contributed by atoms with Crippen molar-refractivity contribution in [3.8, 4) is 0 Å². The third-order valence-corrected chi connectivity index (χ3v) is 5.15. The Morgan fingerprint density at radius 1 is 0.941 bits per heavy atom. The van der Waals surface area contributed by atoms with E-state index in [1.807, 2.05) is 0 Å². The predicted octanol–water partition coefficient (Wildman–Crippen LogP) is 2.63. The summed E-state index contributed by atoms with van der Waals surface area (Å²) in [6, 6.07) is 0. The van der Waals surface area contributed by atoms with Crippen LogP contribution >= 0.6 is 0 Å². The van der Waals surface area contributed by atoms with E-state index in [-0.39, 0.29) is 10.8 Å². The Morgan fingerprint density at radius 3 is 1.53 bits per heavy atom. The summed E-state index contributed by atoms with van der Waals surface area (Å²) in [4.78, 5) is 0. The Kier molecular flexibility index (Phi) is 3.81. The summed E-state index contributed by atoms with van der Waals surface area (Å²) in [5.41, 5.74) is 0.533. The maximum absolute atomic E-state index is 6.01. The van der Waals surface area contributed by atoms with Crippen molar-refractivity contribution in [2.75, 3.05) is 26.4 Å². The molecule has 0 saturated carbocycles. The average molecular weight is 242 g/mol. The van der Waals surface area contributed by atoms with Crippen molar-refractivity contribution in [2.45, 2.75) is 52.7 Å². The van der Waals surface area contributed by atoms with E-state index in [2.05, 4.69) is 27.7 Å². The van der Waals surface area contributed by atoms with Gasteiger partial charge in [0, 0.05) is 10.8 Å². The number of hydrogen-bond donors (Lipinski definition) is 0. The standard InChI is InChI=1S/C14H26O3/c1-5-13(9-16-11(13)3)7-15-8-14(6-2)10-17-12(14)4/h11-12H,5-10H2,1-4H3. The van der Waals surface area contributed by atoms with E-state index in [1.165, 1.54) is 0 Å². The molecule has 4 unspecified atom stereocenters. The molecule has 0 aromatic rings. The first-order valence-electron chi connectivity index (χ1n) is 6.89. The van der Waals surface area contributed by atoms with Gasteiger partial charge in [-0.15, -0.1) is 0 Å². The van der Waals surface area contributed by atoms with Crippen LogP contribution in [0.5, 0.6) is 0 Å². The monoisotopic (exact) mass is 242 g/mol. The van der Waals surface area contributed by atoms with Crippen LogP contribution in [-0.2, 0) is 14.2 Å². The Morgan fingerprint density at radius 2 is 1.35 bits per heavy atom. The molecule has 3 nitrogen and oxygen atoms in total. The SMILES string of the molecule is CCC1(COCC2(CC)COC2C)COC1C. The normalized spacial score (nSPS) is 45.2. The van der Waals surface area contributed by atoms with Crippen molar-refractivity contribution in [3.05, 3.63) is 0 Å². The molecule has 2 heterocycles. The summed E-state index contributed by atoms with van der Waals surface area (Å²) in [6.07, 6.45) is 2.97. The summed E-state index contributed by atoms with van der Waals surface area (Å²) in [5.74, 6) is 0. The van der Waals surface area contributed by atoms with Gasteiger partial charge in [0.2, 0.25) is 0 Å². The first-order valence-corrected chi connectivity index (χ1v) is 6.89. The molecule has 0 aromatic heterocycles. The van der Waals surface area contributed by atoms with E-state index >= 15 is 0 Å². The molecular formula is C14H26O3. The molecule has 2 fully saturated rings. The van der Waals surface area contributed by atoms with Gasteiger partial charge >= 0.3 is 0 Å². The summed E-state index contributed by atoms with van der Waals surface area (Å²) >= 11 is 0. The van der Waals surface area contributed by atoms with Crippen LogP contribution in [0.25, 0.3) is 0 Å². The van der Waals surface area contributed by atoms with Crippen LogP contribution in [-0.4, -0.2) is 38.6 Å². The third kappa shape index (κ3) is 2.13. The Hall–Kier alpha value is -0.120. The summed E-state index contributed by atoms with van der Waals surface area (Å²) < 4.78 is 17.0. The van der Waals surface area contributed by atoms with Gasteiger partial charge < -0.3 is 14.2 Å². The first-order chi connectivity index (χ1) is 8.08. The van der Waals surface area contributed by atoms with Crippen LogP contribution in [0.2, 0.25) is 0 Å². The van der Waals surface area contributed by atoms with Crippen LogP contribution in [0.4, 0.5) is 0 Å². The maximum Gasteiger partial charge on any atom is 0.0647 e. The van der Waals surface area contributed by atoms with Crippen LogP contribution in [0.15, 0.2) is 0 Å². The second kappa shape index (κ2) is 4.87. The zero-order valence-electron chi connectivity index (χ0n) is 11.6. The molecule has 2 aliphatic rings. The highest BCUT2D eigenvalue weighted by molar-refractivity contribution is 4.94. The van der Waals surface area contributed by atoms with Gasteiger partial charge in [-0.2, -0.15) is 0 Å². The third-order valence-electron chi connectivity index (χ3n) is 5.15. The maximum atomic E-state index is 6.01. The van der Waals surface area contributed by atoms with Gasteiger partial charge in [0.25, 0.3) is 0 Å². The highest BCUT2D eigenvalue weighted by Crippen LogP contribution is 2.41. The molecule has 0 N–H and O–H groups in total. The smallest absolute Gasteiger partial charge is 0.0647 e. The lowest BCUT2D eigenvalue weighted by molar-refractivity contribution is -0.236. The van der Waals surface area contributed by atoms with E-state index < -0.39 is 0 Å². The molecule has 17 heavy (non-hydrogen) atoms. The molecule has 2 saturated heterocycles. The molecule has 0 spiro atoms. The highest BCUT2D eigenvalue weighted by Gasteiger charge is 2.47. The van der Waals surface area contributed by atoms with Gasteiger partial charge in [0.1, 0.15) is 0 Å². The second-order valence-corrected chi connectivity index (χ2v) is 5.83. The van der Waals surface area contributed by atoms with Crippen LogP contribution < -0.4 is 0 Å². The molecule has 2 aliphatic heterocycles. The molecule has 0 amide bonds. The number of rotatable bonds is 6. The van der Waals surface area contributed by atoms with Crippen LogP contribution in [0.1, 0.15) is 40.5 Å². The lowest BCUT2D eigenvalue weighted by Gasteiger charge is -2.50. The van der Waals surface area contributed by atoms with Gasteiger partial charge in [-0.1, -0.05) is 13.8 Å². The Labute approximate surface area is 105 Å². The fraction of sp³-hybridized carbons (Fsp3) is 1.00. The molecule has 0 radical (unpaired) electrons. The van der Waals surface area contributed by atoms with E-state index in [0.717, 1.165) is 39.3 Å². The summed E-state index contributed by atoms with van der Waals surface area (Å²) in [5, 5.41) is 0. The molecule has 3 heteroatoms. The fourth-order valence-corrected chi connectivity index (χ4v) is 2.73. The topological polar surface area (TPSA) is 27.7 Å². The molecule has 0 aliphatic carbocycles. The van der Waals surface area contributed by atoms with E-state index in [9.17, 15) is 0 Å². The highest BCUT2D eigenvalue weighted by atomic mass is 16.5. The quantitative estimate of drug-likeness (QED) is 0.716. The molecule has 2 rings (SSSR count). The van der Waals surface area contributed by atoms with Crippen molar-refractivity contribution in [3.63, 3.8) is 0 Å². The minimum atomic E-state index is 0.267. The Balaban J connectivity index is 1.79. The van der Waals surface area contributed by atoms with E-state index in [1.54, 1.807) is 0 Å². The zero-order valence-corrected chi connectivity index (χ0v) is 11.6. The van der Waals surface area contributed by atoms with E-state index in [4.69, 9.17) is 14.2 Å². The van der Waals surface area contributed by atoms with Gasteiger partial charge in [-0.05, 0) is 26.7 Å². The molecule has 100 valence electrons. The predicted molar refractivity (Wildman–Crippen MR) is 67.1 cm³/mol. The average Bonchev–Trinajstić information content (AvgIpc) is 2.35. The van der Waals surface area contributed by atoms with Gasteiger partial charge in [0.15, 0.2) is 0 Å². The van der Waals surface area contributed by atoms with Crippen LogP contribution in [0, 0.1) is 10.8 Å². The fourth-order valence-electron chi connectivity index (χ4n) is 2.73. The van der Waals surface area contributed by atoms with Crippen LogP contribution in [0.3, 0.4) is 0 Å². The summed E-state index contributed by atoms with van der Waals surface area (Å²) in [7, 11) is 0. The molecule has 4 atom stereocenters. The lowest BCUT2D eigenvalue weighted by atomic mass is 9.76. The Bertz CT molecular complexity index is 234.